The Morgan fingerprint density at radius 2 is 1.61 bits per heavy atom. The highest BCUT2D eigenvalue weighted by atomic mass is 16.4. The van der Waals surface area contributed by atoms with Gasteiger partial charge in [0.2, 0.25) is 0 Å². The molecule has 0 aliphatic heterocycles. The molecule has 0 radical (unpaired) electrons. The van der Waals surface area contributed by atoms with Gasteiger partial charge < -0.3 is 10.2 Å². The van der Waals surface area contributed by atoms with E-state index in [1.54, 1.807) is 0 Å². The standard InChI is InChI=1S/C13H18O5/c1-2-9(14)11(13(17)18)10(12(15)16)8-6-4-3-5-7-8/h2,8,10-11H,1,3-7H2,(H,15,16)(H,17,18). The van der Waals surface area contributed by atoms with Crippen LogP contribution in [-0.4, -0.2) is 27.9 Å². The molecule has 0 aromatic heterocycles. The van der Waals surface area contributed by atoms with E-state index in [9.17, 15) is 19.5 Å². The molecule has 1 rings (SSSR count). The summed E-state index contributed by atoms with van der Waals surface area (Å²) < 4.78 is 0. The predicted octanol–water partition coefficient (Wildman–Crippen LogP) is 1.72. The molecule has 1 aliphatic carbocycles. The van der Waals surface area contributed by atoms with Gasteiger partial charge in [-0.25, -0.2) is 0 Å². The number of allylic oxidation sites excluding steroid dienone is 1. The zero-order chi connectivity index (χ0) is 13.7. The maximum absolute atomic E-state index is 11.6. The van der Waals surface area contributed by atoms with E-state index in [4.69, 9.17) is 5.11 Å². The van der Waals surface area contributed by atoms with Gasteiger partial charge in [0.15, 0.2) is 5.78 Å². The molecule has 0 bridgehead atoms. The minimum atomic E-state index is -1.51. The minimum Gasteiger partial charge on any atom is -0.481 e. The Kier molecular flexibility index (Phi) is 5.07. The smallest absolute Gasteiger partial charge is 0.315 e. The van der Waals surface area contributed by atoms with Crippen molar-refractivity contribution in [1.29, 1.82) is 0 Å². The Morgan fingerprint density at radius 1 is 1.06 bits per heavy atom. The molecule has 0 amide bonds. The number of carboxylic acid groups (broad SMARTS) is 2. The fourth-order valence-corrected chi connectivity index (χ4v) is 2.69. The molecule has 2 N–H and O–H groups in total. The molecule has 18 heavy (non-hydrogen) atoms. The molecule has 5 nitrogen and oxygen atoms in total. The first-order valence-corrected chi connectivity index (χ1v) is 6.11. The lowest BCUT2D eigenvalue weighted by Gasteiger charge is -2.30. The van der Waals surface area contributed by atoms with Crippen LogP contribution in [0.5, 0.6) is 0 Å². The van der Waals surface area contributed by atoms with E-state index in [1.807, 2.05) is 0 Å². The number of hydrogen-bond acceptors (Lipinski definition) is 3. The number of hydrogen-bond donors (Lipinski definition) is 2. The summed E-state index contributed by atoms with van der Waals surface area (Å²) in [6.45, 7) is 3.24. The molecule has 0 spiro atoms. The largest absolute Gasteiger partial charge is 0.481 e. The highest BCUT2D eigenvalue weighted by Gasteiger charge is 2.43. The highest BCUT2D eigenvalue weighted by molar-refractivity contribution is 6.06. The normalized spacial score (nSPS) is 19.8. The summed E-state index contributed by atoms with van der Waals surface area (Å²) in [4.78, 5) is 34.1. The Morgan fingerprint density at radius 3 is 2.00 bits per heavy atom. The zero-order valence-electron chi connectivity index (χ0n) is 10.2. The molecule has 5 heteroatoms. The van der Waals surface area contributed by atoms with Crippen molar-refractivity contribution < 1.29 is 24.6 Å². The van der Waals surface area contributed by atoms with E-state index in [-0.39, 0.29) is 5.92 Å². The lowest BCUT2D eigenvalue weighted by molar-refractivity contribution is -0.159. The first kappa shape index (κ1) is 14.4. The van der Waals surface area contributed by atoms with Crippen LogP contribution in [0.25, 0.3) is 0 Å². The second kappa shape index (κ2) is 6.33. The fourth-order valence-electron chi connectivity index (χ4n) is 2.69. The molecule has 1 saturated carbocycles. The summed E-state index contributed by atoms with van der Waals surface area (Å²) >= 11 is 0. The molecular formula is C13H18O5. The molecule has 1 fully saturated rings. The van der Waals surface area contributed by atoms with Crippen molar-refractivity contribution in [3.8, 4) is 0 Å². The number of ketones is 1. The van der Waals surface area contributed by atoms with Crippen molar-refractivity contribution in [2.45, 2.75) is 32.1 Å². The van der Waals surface area contributed by atoms with Crippen LogP contribution in [0, 0.1) is 17.8 Å². The average Bonchev–Trinajstić information content (AvgIpc) is 2.35. The molecule has 2 atom stereocenters. The maximum Gasteiger partial charge on any atom is 0.315 e. The van der Waals surface area contributed by atoms with Gasteiger partial charge in [-0.1, -0.05) is 25.8 Å². The third-order valence-electron chi connectivity index (χ3n) is 3.58. The van der Waals surface area contributed by atoms with Gasteiger partial charge in [0.05, 0.1) is 5.92 Å². The molecule has 0 saturated heterocycles. The molecule has 0 heterocycles. The lowest BCUT2D eigenvalue weighted by atomic mass is 9.72. The average molecular weight is 254 g/mol. The zero-order valence-corrected chi connectivity index (χ0v) is 10.2. The van der Waals surface area contributed by atoms with E-state index in [1.165, 1.54) is 0 Å². The van der Waals surface area contributed by atoms with Gasteiger partial charge in [0.1, 0.15) is 5.92 Å². The van der Waals surface area contributed by atoms with Crippen molar-refractivity contribution in [3.05, 3.63) is 12.7 Å². The number of aliphatic carboxylic acids is 2. The quantitative estimate of drug-likeness (QED) is 0.556. The summed E-state index contributed by atoms with van der Waals surface area (Å²) in [5, 5.41) is 18.3. The Labute approximate surface area is 105 Å². The molecule has 1 aliphatic rings. The van der Waals surface area contributed by atoms with Crippen molar-refractivity contribution in [1.82, 2.24) is 0 Å². The summed E-state index contributed by atoms with van der Waals surface area (Å²) in [6, 6.07) is 0. The van der Waals surface area contributed by atoms with Crippen molar-refractivity contribution in [3.63, 3.8) is 0 Å². The Hall–Kier alpha value is -1.65. The van der Waals surface area contributed by atoms with Gasteiger partial charge in [-0.3, -0.25) is 14.4 Å². The first-order valence-electron chi connectivity index (χ1n) is 6.11. The summed E-state index contributed by atoms with van der Waals surface area (Å²) in [7, 11) is 0. The molecule has 0 aromatic rings. The van der Waals surface area contributed by atoms with Crippen LogP contribution >= 0.6 is 0 Å². The van der Waals surface area contributed by atoms with Gasteiger partial charge in [-0.2, -0.15) is 0 Å². The third-order valence-corrected chi connectivity index (χ3v) is 3.58. The van der Waals surface area contributed by atoms with Crippen molar-refractivity contribution >= 4 is 17.7 Å². The predicted molar refractivity (Wildman–Crippen MR) is 64.0 cm³/mol. The Bertz CT molecular complexity index is 354. The summed E-state index contributed by atoms with van der Waals surface area (Å²) in [5.74, 6) is -6.19. The third kappa shape index (κ3) is 3.18. The van der Waals surface area contributed by atoms with Gasteiger partial charge in [0, 0.05) is 0 Å². The number of carbonyl (C=O) groups excluding carboxylic acids is 1. The molecule has 100 valence electrons. The summed E-state index contributed by atoms with van der Waals surface area (Å²) in [5.41, 5.74) is 0. The van der Waals surface area contributed by atoms with Crippen molar-refractivity contribution in [2.24, 2.45) is 17.8 Å². The number of rotatable bonds is 6. The van der Waals surface area contributed by atoms with E-state index in [0.717, 1.165) is 25.3 Å². The first-order chi connectivity index (χ1) is 8.49. The van der Waals surface area contributed by atoms with E-state index in [0.29, 0.717) is 12.8 Å². The second-order valence-corrected chi connectivity index (χ2v) is 4.68. The Balaban J connectivity index is 2.99. The monoisotopic (exact) mass is 254 g/mol. The SMILES string of the molecule is C=CC(=O)C(C(=O)O)C(C(=O)O)C1CCCCC1. The van der Waals surface area contributed by atoms with Crippen LogP contribution in [0.3, 0.4) is 0 Å². The van der Waals surface area contributed by atoms with Gasteiger partial charge in [0.25, 0.3) is 0 Å². The van der Waals surface area contributed by atoms with E-state index in [2.05, 4.69) is 6.58 Å². The summed E-state index contributed by atoms with van der Waals surface area (Å²) in [6.07, 6.45) is 5.07. The van der Waals surface area contributed by atoms with E-state index < -0.39 is 29.6 Å². The van der Waals surface area contributed by atoms with Crippen LogP contribution in [0.1, 0.15) is 32.1 Å². The number of carboxylic acids is 2. The van der Waals surface area contributed by atoms with Crippen LogP contribution in [0.15, 0.2) is 12.7 Å². The highest BCUT2D eigenvalue weighted by Crippen LogP contribution is 2.35. The topological polar surface area (TPSA) is 91.7 Å². The van der Waals surface area contributed by atoms with Crippen LogP contribution in [-0.2, 0) is 14.4 Å². The molecular weight excluding hydrogens is 236 g/mol. The lowest BCUT2D eigenvalue weighted by Crippen LogP contribution is -2.40. The van der Waals surface area contributed by atoms with Crippen molar-refractivity contribution in [2.75, 3.05) is 0 Å². The number of carbonyl (C=O) groups is 3. The van der Waals surface area contributed by atoms with Crippen LogP contribution in [0.4, 0.5) is 0 Å². The fraction of sp³-hybridized carbons (Fsp3) is 0.615. The van der Waals surface area contributed by atoms with Crippen LogP contribution in [0.2, 0.25) is 0 Å². The van der Waals surface area contributed by atoms with Gasteiger partial charge >= 0.3 is 11.9 Å². The maximum atomic E-state index is 11.6. The van der Waals surface area contributed by atoms with Gasteiger partial charge in [-0.05, 0) is 24.8 Å². The van der Waals surface area contributed by atoms with Gasteiger partial charge in [-0.15, -0.1) is 0 Å². The molecule has 2 unspecified atom stereocenters. The molecule has 0 aromatic carbocycles. The van der Waals surface area contributed by atoms with E-state index >= 15 is 0 Å². The second-order valence-electron chi connectivity index (χ2n) is 4.68. The minimum absolute atomic E-state index is 0.235. The van der Waals surface area contributed by atoms with Crippen LogP contribution < -0.4 is 0 Å².